The Labute approximate surface area is 173 Å². The zero-order valence-electron chi connectivity index (χ0n) is 14.0. The van der Waals surface area contributed by atoms with Gasteiger partial charge in [0.25, 0.3) is 0 Å². The topological polar surface area (TPSA) is 45.1 Å². The molecule has 0 unspecified atom stereocenters. The summed E-state index contributed by atoms with van der Waals surface area (Å²) in [6.07, 6.45) is 0.241. The maximum atomic E-state index is 10.4. The molecular formula is C20H14BrClN2O2S. The number of thiophene rings is 1. The molecule has 5 rings (SSSR count). The highest BCUT2D eigenvalue weighted by atomic mass is 79.9. The molecule has 0 radical (unpaired) electrons. The number of phenolic OH excluding ortho intramolecular Hbond substituents is 1. The molecule has 1 aromatic heterocycles. The quantitative estimate of drug-likeness (QED) is 0.500. The molecular weight excluding hydrogens is 448 g/mol. The second-order valence-corrected chi connectivity index (χ2v) is 8.78. The Morgan fingerprint density at radius 3 is 2.89 bits per heavy atom. The van der Waals surface area contributed by atoms with Crippen LogP contribution in [0.1, 0.15) is 34.7 Å². The van der Waals surface area contributed by atoms with Gasteiger partial charge in [-0.05, 0) is 47.8 Å². The molecule has 0 fully saturated rings. The van der Waals surface area contributed by atoms with Crippen LogP contribution in [0.5, 0.6) is 11.5 Å². The van der Waals surface area contributed by atoms with Crippen molar-refractivity contribution in [3.8, 4) is 11.5 Å². The van der Waals surface area contributed by atoms with Crippen molar-refractivity contribution in [2.24, 2.45) is 5.10 Å². The SMILES string of the molecule is Oc1ccc(Cl)cc1[C@@H]1Oc2ccc(Br)cc2[C@@H]2CC(c3cccs3)=NN21. The zero-order valence-corrected chi connectivity index (χ0v) is 17.1. The third kappa shape index (κ3) is 2.92. The normalized spacial score (nSPS) is 20.7. The summed E-state index contributed by atoms with van der Waals surface area (Å²) < 4.78 is 7.27. The van der Waals surface area contributed by atoms with Gasteiger partial charge in [0, 0.05) is 21.5 Å². The number of fused-ring (bicyclic) bond motifs is 3. The highest BCUT2D eigenvalue weighted by molar-refractivity contribution is 9.10. The fourth-order valence-electron chi connectivity index (χ4n) is 3.58. The van der Waals surface area contributed by atoms with E-state index < -0.39 is 6.23 Å². The highest BCUT2D eigenvalue weighted by Gasteiger charge is 2.42. The number of hydrazone groups is 1. The lowest BCUT2D eigenvalue weighted by atomic mass is 9.97. The van der Waals surface area contributed by atoms with Crippen molar-refractivity contribution in [1.82, 2.24) is 5.01 Å². The summed E-state index contributed by atoms with van der Waals surface area (Å²) >= 11 is 11.4. The van der Waals surface area contributed by atoms with E-state index in [-0.39, 0.29) is 11.8 Å². The molecule has 2 aliphatic heterocycles. The number of rotatable bonds is 2. The minimum Gasteiger partial charge on any atom is -0.507 e. The molecule has 2 aromatic carbocycles. The fraction of sp³-hybridized carbons (Fsp3) is 0.150. The summed E-state index contributed by atoms with van der Waals surface area (Å²) in [6, 6.07) is 15.1. The Morgan fingerprint density at radius 1 is 1.19 bits per heavy atom. The molecule has 0 saturated carbocycles. The average Bonchev–Trinajstić information content (AvgIpc) is 3.32. The van der Waals surface area contributed by atoms with Crippen LogP contribution in [0.15, 0.2) is 63.5 Å². The monoisotopic (exact) mass is 460 g/mol. The predicted molar refractivity (Wildman–Crippen MR) is 111 cm³/mol. The van der Waals surface area contributed by atoms with E-state index in [1.54, 1.807) is 29.5 Å². The number of ether oxygens (including phenoxy) is 1. The van der Waals surface area contributed by atoms with Gasteiger partial charge in [0.05, 0.1) is 22.2 Å². The lowest BCUT2D eigenvalue weighted by molar-refractivity contribution is -0.0203. The van der Waals surface area contributed by atoms with Crippen molar-refractivity contribution in [3.63, 3.8) is 0 Å². The van der Waals surface area contributed by atoms with E-state index in [1.165, 1.54) is 0 Å². The Morgan fingerprint density at radius 2 is 2.07 bits per heavy atom. The van der Waals surface area contributed by atoms with Crippen LogP contribution in [-0.2, 0) is 0 Å². The van der Waals surface area contributed by atoms with Crippen molar-refractivity contribution in [1.29, 1.82) is 0 Å². The molecule has 1 N–H and O–H groups in total. The summed E-state index contributed by atoms with van der Waals surface area (Å²) in [6.45, 7) is 0. The maximum Gasteiger partial charge on any atom is 0.217 e. The number of aromatic hydroxyl groups is 1. The van der Waals surface area contributed by atoms with Gasteiger partial charge in [0.15, 0.2) is 0 Å². The van der Waals surface area contributed by atoms with Crippen molar-refractivity contribution in [2.45, 2.75) is 18.7 Å². The lowest BCUT2D eigenvalue weighted by Crippen LogP contribution is -2.33. The molecule has 4 nitrogen and oxygen atoms in total. The number of halogens is 2. The largest absolute Gasteiger partial charge is 0.507 e. The number of hydrogen-bond donors (Lipinski definition) is 1. The van der Waals surface area contributed by atoms with Gasteiger partial charge < -0.3 is 9.84 Å². The molecule has 0 saturated heterocycles. The van der Waals surface area contributed by atoms with E-state index in [4.69, 9.17) is 21.4 Å². The third-order valence-electron chi connectivity index (χ3n) is 4.81. The molecule has 3 heterocycles. The van der Waals surface area contributed by atoms with Crippen LogP contribution in [0.4, 0.5) is 0 Å². The highest BCUT2D eigenvalue weighted by Crippen LogP contribution is 2.49. The minimum absolute atomic E-state index is 0.0340. The van der Waals surface area contributed by atoms with Gasteiger partial charge in [-0.1, -0.05) is 33.6 Å². The van der Waals surface area contributed by atoms with E-state index in [1.807, 2.05) is 23.2 Å². The zero-order chi connectivity index (χ0) is 18.5. The molecule has 27 heavy (non-hydrogen) atoms. The molecule has 3 aromatic rings. The molecule has 2 aliphatic rings. The van der Waals surface area contributed by atoms with Gasteiger partial charge in [-0.15, -0.1) is 11.3 Å². The van der Waals surface area contributed by atoms with Crippen molar-refractivity contribution in [3.05, 3.63) is 79.4 Å². The van der Waals surface area contributed by atoms with E-state index in [0.29, 0.717) is 10.6 Å². The summed E-state index contributed by atoms with van der Waals surface area (Å²) in [5, 5.41) is 19.8. The first-order valence-corrected chi connectivity index (χ1v) is 10.5. The van der Waals surface area contributed by atoms with E-state index in [9.17, 15) is 5.11 Å². The number of benzene rings is 2. The summed E-state index contributed by atoms with van der Waals surface area (Å²) in [7, 11) is 0. The molecule has 0 bridgehead atoms. The van der Waals surface area contributed by atoms with Crippen LogP contribution in [-0.4, -0.2) is 15.8 Å². The standard InChI is InChI=1S/C20H14BrClN2O2S/c21-11-3-6-18-13(8-11)16-10-15(19-2-1-7-27-19)23-24(16)20(26-18)14-9-12(22)4-5-17(14)25/h1-9,16,20,25H,10H2/t16-,20-/m0/s1. The number of nitrogens with zero attached hydrogens (tertiary/aromatic N) is 2. The molecule has 0 spiro atoms. The molecule has 7 heteroatoms. The number of phenols is 1. The lowest BCUT2D eigenvalue weighted by Gasteiger charge is -2.38. The smallest absolute Gasteiger partial charge is 0.217 e. The molecule has 0 aliphatic carbocycles. The number of hydrogen-bond acceptors (Lipinski definition) is 5. The minimum atomic E-state index is -0.542. The molecule has 0 amide bonds. The van der Waals surface area contributed by atoms with Gasteiger partial charge >= 0.3 is 0 Å². The van der Waals surface area contributed by atoms with Crippen molar-refractivity contribution in [2.75, 3.05) is 0 Å². The Kier molecular flexibility index (Phi) is 4.15. The van der Waals surface area contributed by atoms with Crippen LogP contribution in [0.3, 0.4) is 0 Å². The Bertz CT molecular complexity index is 1050. The summed E-state index contributed by atoms with van der Waals surface area (Å²) in [4.78, 5) is 1.15. The van der Waals surface area contributed by atoms with E-state index in [0.717, 1.165) is 32.8 Å². The average molecular weight is 462 g/mol. The van der Waals surface area contributed by atoms with Gasteiger partial charge in [-0.25, -0.2) is 5.01 Å². The van der Waals surface area contributed by atoms with Crippen LogP contribution < -0.4 is 4.74 Å². The first-order chi connectivity index (χ1) is 13.1. The Balaban J connectivity index is 1.65. The predicted octanol–water partition coefficient (Wildman–Crippen LogP) is 6.11. The second kappa shape index (κ2) is 6.55. The van der Waals surface area contributed by atoms with E-state index >= 15 is 0 Å². The molecule has 136 valence electrons. The van der Waals surface area contributed by atoms with Crippen LogP contribution in [0.2, 0.25) is 5.02 Å². The van der Waals surface area contributed by atoms with Gasteiger partial charge in [0.1, 0.15) is 11.5 Å². The van der Waals surface area contributed by atoms with Crippen molar-refractivity contribution >= 4 is 44.6 Å². The third-order valence-corrected chi connectivity index (χ3v) is 6.46. The summed E-state index contributed by atoms with van der Waals surface area (Å²) in [5.74, 6) is 0.940. The van der Waals surface area contributed by atoms with E-state index in [2.05, 4.69) is 33.4 Å². The van der Waals surface area contributed by atoms with Crippen LogP contribution >= 0.6 is 38.9 Å². The fourth-order valence-corrected chi connectivity index (χ4v) is 4.86. The maximum absolute atomic E-state index is 10.4. The van der Waals surface area contributed by atoms with Gasteiger partial charge in [0.2, 0.25) is 6.23 Å². The second-order valence-electron chi connectivity index (χ2n) is 6.48. The van der Waals surface area contributed by atoms with Crippen LogP contribution in [0, 0.1) is 0 Å². The first-order valence-electron chi connectivity index (χ1n) is 8.44. The first kappa shape index (κ1) is 17.1. The Hall–Kier alpha value is -2.02. The van der Waals surface area contributed by atoms with Crippen LogP contribution in [0.25, 0.3) is 0 Å². The van der Waals surface area contributed by atoms with Crippen molar-refractivity contribution < 1.29 is 9.84 Å². The summed E-state index contributed by atoms with van der Waals surface area (Å²) in [5.41, 5.74) is 2.72. The van der Waals surface area contributed by atoms with Gasteiger partial charge in [-0.3, -0.25) is 0 Å². The van der Waals surface area contributed by atoms with Gasteiger partial charge in [-0.2, -0.15) is 5.10 Å². The molecule has 2 atom stereocenters.